The van der Waals surface area contributed by atoms with Crippen LogP contribution >= 0.6 is 0 Å². The van der Waals surface area contributed by atoms with E-state index in [9.17, 15) is 24.3 Å². The minimum atomic E-state index is -0.922. The number of carbonyl (C=O) groups is 4. The van der Waals surface area contributed by atoms with Crippen LogP contribution in [0.3, 0.4) is 0 Å². The molecule has 0 aliphatic heterocycles. The summed E-state index contributed by atoms with van der Waals surface area (Å²) in [5, 5.41) is 14.9. The molecular formula is C39H44N2O10. The third kappa shape index (κ3) is 13.6. The van der Waals surface area contributed by atoms with Gasteiger partial charge in [-0.25, -0.2) is 19.2 Å². The van der Waals surface area contributed by atoms with Crippen LogP contribution in [-0.2, 0) is 35.0 Å². The Kier molecular flexibility index (Phi) is 14.5. The summed E-state index contributed by atoms with van der Waals surface area (Å²) in [7, 11) is 0. The van der Waals surface area contributed by atoms with Gasteiger partial charge in [0.25, 0.3) is 0 Å². The number of ether oxygens (including phenoxy) is 5. The number of phenols is 1. The molecule has 3 aromatic rings. The van der Waals surface area contributed by atoms with Crippen LogP contribution in [0.4, 0.5) is 21.0 Å². The first kappa shape index (κ1) is 38.0. The molecule has 1 fully saturated rings. The molecule has 1 atom stereocenters. The van der Waals surface area contributed by atoms with Crippen LogP contribution in [0.5, 0.6) is 11.5 Å². The molecule has 0 heterocycles. The topological polar surface area (TPSA) is 159 Å². The number of benzene rings is 3. The van der Waals surface area contributed by atoms with Crippen LogP contribution < -0.4 is 15.4 Å². The number of phenolic OH excluding ortho intramolecular Hbond substituents is 1. The molecule has 1 unspecified atom stereocenters. The van der Waals surface area contributed by atoms with E-state index in [1.807, 2.05) is 36.4 Å². The molecule has 1 aliphatic rings. The van der Waals surface area contributed by atoms with Crippen molar-refractivity contribution in [2.75, 3.05) is 37.1 Å². The number of esters is 2. The molecule has 0 bridgehead atoms. The fourth-order valence-electron chi connectivity index (χ4n) is 5.26. The summed E-state index contributed by atoms with van der Waals surface area (Å²) in [6, 6.07) is 20.7. The zero-order valence-electron chi connectivity index (χ0n) is 28.6. The van der Waals surface area contributed by atoms with Gasteiger partial charge in [0.2, 0.25) is 0 Å². The van der Waals surface area contributed by atoms with Crippen molar-refractivity contribution >= 4 is 35.5 Å². The standard InChI is InChI=1S/C39H44N2O10/c1-4-36(43)48-22-29-5-7-30(8-6-29)23-50-38(45)40-31-13-9-27(10-14-31)21-28-11-15-32(16-12-28)41-39(46)51-35(25-49-37(44)26(2)3)24-47-34-19-17-33(42)18-20-34/h4,9-20,29-30,35,42H,1-2,5-8,21-25H2,3H3,(H,40,45)(H,41,46). The van der Waals surface area contributed by atoms with E-state index < -0.39 is 30.2 Å². The van der Waals surface area contributed by atoms with Crippen molar-refractivity contribution < 1.29 is 48.0 Å². The quantitative estimate of drug-likeness (QED) is 0.0794. The third-order valence-corrected chi connectivity index (χ3v) is 8.15. The fraction of sp³-hybridized carbons (Fsp3) is 0.333. The molecule has 4 rings (SSSR count). The Bertz CT molecular complexity index is 1630. The Morgan fingerprint density at radius 1 is 0.765 bits per heavy atom. The predicted molar refractivity (Wildman–Crippen MR) is 191 cm³/mol. The number of rotatable bonds is 16. The molecule has 1 aliphatic carbocycles. The number of carbonyl (C=O) groups excluding carboxylic acids is 4. The van der Waals surface area contributed by atoms with Crippen molar-refractivity contribution in [1.82, 2.24) is 0 Å². The molecule has 2 amide bonds. The molecule has 0 spiro atoms. The first-order chi connectivity index (χ1) is 24.6. The molecule has 0 radical (unpaired) electrons. The van der Waals surface area contributed by atoms with Gasteiger partial charge in [0.15, 0.2) is 6.10 Å². The number of amides is 2. The number of anilines is 2. The molecule has 0 saturated heterocycles. The van der Waals surface area contributed by atoms with E-state index >= 15 is 0 Å². The van der Waals surface area contributed by atoms with E-state index in [4.69, 9.17) is 23.7 Å². The Morgan fingerprint density at radius 2 is 1.29 bits per heavy atom. The lowest BCUT2D eigenvalue weighted by atomic mass is 9.83. The van der Waals surface area contributed by atoms with Crippen LogP contribution in [0, 0.1) is 11.8 Å². The largest absolute Gasteiger partial charge is 0.508 e. The van der Waals surface area contributed by atoms with Crippen LogP contribution in [-0.4, -0.2) is 61.8 Å². The van der Waals surface area contributed by atoms with Crippen LogP contribution in [0.15, 0.2) is 97.6 Å². The first-order valence-electron chi connectivity index (χ1n) is 16.7. The Labute approximate surface area is 297 Å². The summed E-state index contributed by atoms with van der Waals surface area (Å²) in [6.07, 6.45) is 3.26. The minimum Gasteiger partial charge on any atom is -0.508 e. The molecule has 0 aromatic heterocycles. The molecule has 3 N–H and O–H groups in total. The lowest BCUT2D eigenvalue weighted by molar-refractivity contribution is -0.142. The van der Waals surface area contributed by atoms with Gasteiger partial charge in [0, 0.05) is 23.0 Å². The van der Waals surface area contributed by atoms with Crippen molar-refractivity contribution in [3.63, 3.8) is 0 Å². The van der Waals surface area contributed by atoms with Crippen LogP contribution in [0.25, 0.3) is 0 Å². The minimum absolute atomic E-state index is 0.0788. The first-order valence-corrected chi connectivity index (χ1v) is 16.7. The number of hydrogen-bond donors (Lipinski definition) is 3. The monoisotopic (exact) mass is 700 g/mol. The molecular weight excluding hydrogens is 656 g/mol. The van der Waals surface area contributed by atoms with E-state index in [2.05, 4.69) is 23.8 Å². The van der Waals surface area contributed by atoms with Crippen molar-refractivity contribution in [1.29, 1.82) is 0 Å². The lowest BCUT2D eigenvalue weighted by Gasteiger charge is -2.27. The second kappa shape index (κ2) is 19.4. The van der Waals surface area contributed by atoms with Gasteiger partial charge in [0.1, 0.15) is 24.7 Å². The summed E-state index contributed by atoms with van der Waals surface area (Å²) in [5.41, 5.74) is 3.34. The van der Waals surface area contributed by atoms with E-state index in [1.54, 1.807) is 24.3 Å². The number of nitrogens with one attached hydrogen (secondary N) is 2. The van der Waals surface area contributed by atoms with Gasteiger partial charge in [-0.3, -0.25) is 10.6 Å². The van der Waals surface area contributed by atoms with E-state index in [1.165, 1.54) is 25.1 Å². The zero-order valence-corrected chi connectivity index (χ0v) is 28.6. The zero-order chi connectivity index (χ0) is 36.6. The maximum Gasteiger partial charge on any atom is 0.412 e. The summed E-state index contributed by atoms with van der Waals surface area (Å²) in [6.45, 7) is 8.86. The molecule has 3 aromatic carbocycles. The van der Waals surface area contributed by atoms with Crippen molar-refractivity contribution in [2.45, 2.75) is 45.1 Å². The van der Waals surface area contributed by atoms with Crippen molar-refractivity contribution in [3.05, 3.63) is 109 Å². The van der Waals surface area contributed by atoms with E-state index in [0.29, 0.717) is 42.7 Å². The smallest absolute Gasteiger partial charge is 0.412 e. The second-order valence-electron chi connectivity index (χ2n) is 12.4. The maximum atomic E-state index is 12.7. The summed E-state index contributed by atoms with van der Waals surface area (Å²) < 4.78 is 26.9. The number of aromatic hydroxyl groups is 1. The highest BCUT2D eigenvalue weighted by molar-refractivity contribution is 5.87. The lowest BCUT2D eigenvalue weighted by Crippen LogP contribution is -2.32. The van der Waals surface area contributed by atoms with Gasteiger partial charge in [0.05, 0.1) is 13.2 Å². The van der Waals surface area contributed by atoms with Crippen molar-refractivity contribution in [2.24, 2.45) is 11.8 Å². The van der Waals surface area contributed by atoms with Gasteiger partial charge >= 0.3 is 24.1 Å². The Morgan fingerprint density at radius 3 is 1.82 bits per heavy atom. The molecule has 1 saturated carbocycles. The fourth-order valence-corrected chi connectivity index (χ4v) is 5.26. The predicted octanol–water partition coefficient (Wildman–Crippen LogP) is 7.18. The van der Waals surface area contributed by atoms with Gasteiger partial charge in [-0.2, -0.15) is 0 Å². The van der Waals surface area contributed by atoms with Crippen LogP contribution in [0.2, 0.25) is 0 Å². The SMILES string of the molecule is C=CC(=O)OCC1CCC(COC(=O)Nc2ccc(Cc3ccc(NC(=O)OC(COC(=O)C(=C)C)COc4ccc(O)cc4)cc3)cc2)CC1. The average Bonchev–Trinajstić information content (AvgIpc) is 3.13. The van der Waals surface area contributed by atoms with Gasteiger partial charge in [-0.15, -0.1) is 0 Å². The summed E-state index contributed by atoms with van der Waals surface area (Å²) in [4.78, 5) is 48.2. The van der Waals surface area contributed by atoms with Gasteiger partial charge in [-0.05, 0) is 111 Å². The third-order valence-electron chi connectivity index (χ3n) is 8.15. The van der Waals surface area contributed by atoms with E-state index in [-0.39, 0.29) is 30.5 Å². The molecule has 12 nitrogen and oxygen atoms in total. The highest BCUT2D eigenvalue weighted by Gasteiger charge is 2.23. The summed E-state index contributed by atoms with van der Waals surface area (Å²) >= 11 is 0. The Hall–Kier alpha value is -5.78. The van der Waals surface area contributed by atoms with Crippen molar-refractivity contribution in [3.8, 4) is 11.5 Å². The molecule has 51 heavy (non-hydrogen) atoms. The van der Waals surface area contributed by atoms with Gasteiger partial charge < -0.3 is 28.8 Å². The van der Waals surface area contributed by atoms with Crippen LogP contribution in [0.1, 0.15) is 43.7 Å². The normalized spacial score (nSPS) is 15.7. The average molecular weight is 701 g/mol. The number of hydrogen-bond acceptors (Lipinski definition) is 10. The second-order valence-corrected chi connectivity index (χ2v) is 12.4. The molecule has 12 heteroatoms. The molecule has 270 valence electrons. The highest BCUT2D eigenvalue weighted by atomic mass is 16.6. The summed E-state index contributed by atoms with van der Waals surface area (Å²) in [5.74, 6) is 0.0980. The van der Waals surface area contributed by atoms with Gasteiger partial charge in [-0.1, -0.05) is 37.4 Å². The maximum absolute atomic E-state index is 12.7. The Balaban J connectivity index is 1.18. The highest BCUT2D eigenvalue weighted by Crippen LogP contribution is 2.29. The van der Waals surface area contributed by atoms with E-state index in [0.717, 1.165) is 36.8 Å².